The summed E-state index contributed by atoms with van der Waals surface area (Å²) in [5, 5.41) is 3.36. The van der Waals surface area contributed by atoms with Crippen LogP contribution in [0.4, 0.5) is 0 Å². The van der Waals surface area contributed by atoms with Crippen molar-refractivity contribution < 1.29 is 0 Å². The summed E-state index contributed by atoms with van der Waals surface area (Å²) in [6, 6.07) is 2.80. The van der Waals surface area contributed by atoms with Gasteiger partial charge in [-0.2, -0.15) is 0 Å². The van der Waals surface area contributed by atoms with Gasteiger partial charge in [-0.3, -0.25) is 4.79 Å². The quantitative estimate of drug-likeness (QED) is 0.905. The molecule has 1 aromatic heterocycles. The third-order valence-electron chi connectivity index (χ3n) is 3.83. The van der Waals surface area contributed by atoms with E-state index in [4.69, 9.17) is 0 Å². The SMILES string of the molecule is CC(C)NCc1cc2c(n(C(C)C)c1=O)CCCC2. The van der Waals surface area contributed by atoms with Crippen molar-refractivity contribution in [3.63, 3.8) is 0 Å². The second-order valence-electron chi connectivity index (χ2n) is 6.15. The largest absolute Gasteiger partial charge is 0.310 e. The first kappa shape index (κ1) is 14.3. The average Bonchev–Trinajstić information content (AvgIpc) is 2.35. The van der Waals surface area contributed by atoms with Gasteiger partial charge in [-0.05, 0) is 51.2 Å². The lowest BCUT2D eigenvalue weighted by Crippen LogP contribution is -2.34. The molecular weight excluding hydrogens is 236 g/mol. The topological polar surface area (TPSA) is 34.0 Å². The lowest BCUT2D eigenvalue weighted by molar-refractivity contribution is 0.507. The zero-order valence-electron chi connectivity index (χ0n) is 12.6. The predicted molar refractivity (Wildman–Crippen MR) is 79.7 cm³/mol. The molecule has 19 heavy (non-hydrogen) atoms. The summed E-state index contributed by atoms with van der Waals surface area (Å²) in [5.41, 5.74) is 3.78. The van der Waals surface area contributed by atoms with E-state index >= 15 is 0 Å². The fourth-order valence-electron chi connectivity index (χ4n) is 2.88. The summed E-state index contributed by atoms with van der Waals surface area (Å²) in [4.78, 5) is 12.6. The van der Waals surface area contributed by atoms with Crippen LogP contribution in [-0.4, -0.2) is 10.6 Å². The number of rotatable bonds is 4. The molecule has 0 radical (unpaired) electrons. The van der Waals surface area contributed by atoms with E-state index in [1.54, 1.807) is 0 Å². The van der Waals surface area contributed by atoms with Crippen LogP contribution >= 0.6 is 0 Å². The highest BCUT2D eigenvalue weighted by molar-refractivity contribution is 5.29. The van der Waals surface area contributed by atoms with Crippen molar-refractivity contribution in [2.75, 3.05) is 0 Å². The third kappa shape index (κ3) is 3.08. The molecular formula is C16H26N2O. The number of nitrogens with one attached hydrogen (secondary N) is 1. The summed E-state index contributed by atoms with van der Waals surface area (Å²) in [6.07, 6.45) is 4.64. The van der Waals surface area contributed by atoms with Crippen LogP contribution in [0.15, 0.2) is 10.9 Å². The van der Waals surface area contributed by atoms with Gasteiger partial charge < -0.3 is 9.88 Å². The van der Waals surface area contributed by atoms with E-state index in [9.17, 15) is 4.79 Å². The van der Waals surface area contributed by atoms with Gasteiger partial charge in [0.2, 0.25) is 0 Å². The fourth-order valence-corrected chi connectivity index (χ4v) is 2.88. The molecule has 2 rings (SSSR count). The lowest BCUT2D eigenvalue weighted by Gasteiger charge is -2.25. The van der Waals surface area contributed by atoms with Gasteiger partial charge in [0.05, 0.1) is 0 Å². The molecule has 0 fully saturated rings. The lowest BCUT2D eigenvalue weighted by atomic mass is 9.94. The summed E-state index contributed by atoms with van der Waals surface area (Å²) in [7, 11) is 0. The first-order valence-electron chi connectivity index (χ1n) is 7.50. The van der Waals surface area contributed by atoms with Crippen LogP contribution in [0.25, 0.3) is 0 Å². The van der Waals surface area contributed by atoms with Crippen molar-refractivity contribution in [3.8, 4) is 0 Å². The van der Waals surface area contributed by atoms with Gasteiger partial charge in [0, 0.05) is 29.9 Å². The maximum Gasteiger partial charge on any atom is 0.255 e. The first-order valence-corrected chi connectivity index (χ1v) is 7.50. The van der Waals surface area contributed by atoms with Crippen molar-refractivity contribution in [1.82, 2.24) is 9.88 Å². The van der Waals surface area contributed by atoms with Crippen LogP contribution in [0.5, 0.6) is 0 Å². The maximum atomic E-state index is 12.6. The highest BCUT2D eigenvalue weighted by Gasteiger charge is 2.19. The van der Waals surface area contributed by atoms with Crippen molar-refractivity contribution >= 4 is 0 Å². The molecule has 0 amide bonds. The number of hydrogen-bond acceptors (Lipinski definition) is 2. The van der Waals surface area contributed by atoms with Gasteiger partial charge in [0.25, 0.3) is 5.56 Å². The Morgan fingerprint density at radius 2 is 1.89 bits per heavy atom. The smallest absolute Gasteiger partial charge is 0.255 e. The number of nitrogens with zero attached hydrogens (tertiary/aromatic N) is 1. The normalized spacial score (nSPS) is 15.1. The summed E-state index contributed by atoms with van der Waals surface area (Å²) in [6.45, 7) is 9.11. The van der Waals surface area contributed by atoms with Gasteiger partial charge in [-0.25, -0.2) is 0 Å². The molecule has 106 valence electrons. The molecule has 1 N–H and O–H groups in total. The fraction of sp³-hybridized carbons (Fsp3) is 0.688. The minimum Gasteiger partial charge on any atom is -0.310 e. The number of hydrogen-bond donors (Lipinski definition) is 1. The number of pyridine rings is 1. The van der Waals surface area contributed by atoms with Gasteiger partial charge in [0.15, 0.2) is 0 Å². The average molecular weight is 262 g/mol. The molecule has 0 bridgehead atoms. The third-order valence-corrected chi connectivity index (χ3v) is 3.83. The standard InChI is InChI=1S/C16H26N2O/c1-11(2)17-10-14-9-13-7-5-6-8-15(13)18(12(3)4)16(14)19/h9,11-12,17H,5-8,10H2,1-4H3. The summed E-state index contributed by atoms with van der Waals surface area (Å²) >= 11 is 0. The zero-order valence-corrected chi connectivity index (χ0v) is 12.6. The molecule has 0 aromatic carbocycles. The summed E-state index contributed by atoms with van der Waals surface area (Å²) < 4.78 is 2.02. The molecule has 1 aromatic rings. The molecule has 0 unspecified atom stereocenters. The molecule has 1 heterocycles. The highest BCUT2D eigenvalue weighted by atomic mass is 16.1. The molecule has 0 aliphatic heterocycles. The Morgan fingerprint density at radius 1 is 1.21 bits per heavy atom. The molecule has 3 nitrogen and oxygen atoms in total. The Hall–Kier alpha value is -1.09. The second-order valence-corrected chi connectivity index (χ2v) is 6.15. The van der Waals surface area contributed by atoms with E-state index in [0.717, 1.165) is 18.4 Å². The van der Waals surface area contributed by atoms with Crippen molar-refractivity contribution in [3.05, 3.63) is 33.2 Å². The number of aryl methyl sites for hydroxylation is 1. The van der Waals surface area contributed by atoms with Crippen molar-refractivity contribution in [2.45, 2.75) is 72.0 Å². The van der Waals surface area contributed by atoms with Crippen LogP contribution in [0, 0.1) is 0 Å². The molecule has 1 aliphatic carbocycles. The minimum atomic E-state index is 0.198. The molecule has 1 aliphatic rings. The van der Waals surface area contributed by atoms with Crippen LogP contribution < -0.4 is 10.9 Å². The highest BCUT2D eigenvalue weighted by Crippen LogP contribution is 2.23. The molecule has 0 spiro atoms. The minimum absolute atomic E-state index is 0.198. The van der Waals surface area contributed by atoms with E-state index in [2.05, 4.69) is 39.1 Å². The van der Waals surface area contributed by atoms with Crippen LogP contribution in [0.1, 0.15) is 63.4 Å². The monoisotopic (exact) mass is 262 g/mol. The van der Waals surface area contributed by atoms with Gasteiger partial charge in [-0.15, -0.1) is 0 Å². The van der Waals surface area contributed by atoms with Gasteiger partial charge >= 0.3 is 0 Å². The first-order chi connectivity index (χ1) is 9.00. The Bertz CT molecular complexity index is 500. The van der Waals surface area contributed by atoms with Gasteiger partial charge in [-0.1, -0.05) is 13.8 Å². The van der Waals surface area contributed by atoms with E-state index < -0.39 is 0 Å². The zero-order chi connectivity index (χ0) is 14.0. The Kier molecular flexibility index (Phi) is 4.46. The molecule has 0 saturated carbocycles. The number of fused-ring (bicyclic) bond motifs is 1. The number of aromatic nitrogens is 1. The molecule has 0 atom stereocenters. The van der Waals surface area contributed by atoms with E-state index in [1.807, 2.05) is 4.57 Å². The van der Waals surface area contributed by atoms with Crippen LogP contribution in [0.3, 0.4) is 0 Å². The van der Waals surface area contributed by atoms with Gasteiger partial charge in [0.1, 0.15) is 0 Å². The van der Waals surface area contributed by atoms with E-state index in [0.29, 0.717) is 12.6 Å². The van der Waals surface area contributed by atoms with Crippen LogP contribution in [0.2, 0.25) is 0 Å². The summed E-state index contributed by atoms with van der Waals surface area (Å²) in [5.74, 6) is 0. The van der Waals surface area contributed by atoms with Crippen LogP contribution in [-0.2, 0) is 19.4 Å². The Labute approximate surface area is 116 Å². The van der Waals surface area contributed by atoms with E-state index in [-0.39, 0.29) is 11.6 Å². The Morgan fingerprint density at radius 3 is 2.53 bits per heavy atom. The maximum absolute atomic E-state index is 12.6. The van der Waals surface area contributed by atoms with E-state index in [1.165, 1.54) is 24.1 Å². The Balaban J connectivity index is 2.45. The van der Waals surface area contributed by atoms with Crippen molar-refractivity contribution in [1.29, 1.82) is 0 Å². The molecule has 0 saturated heterocycles. The van der Waals surface area contributed by atoms with Crippen molar-refractivity contribution in [2.24, 2.45) is 0 Å². The second kappa shape index (κ2) is 5.91. The predicted octanol–water partition coefficient (Wildman–Crippen LogP) is 2.81. The molecule has 3 heteroatoms.